The summed E-state index contributed by atoms with van der Waals surface area (Å²) in [5.41, 5.74) is 0.0909. The molecule has 1 nitrogen and oxygen atoms in total. The topological polar surface area (TPSA) is 17.1 Å². The molecule has 0 unspecified atom stereocenters. The molecule has 0 bridgehead atoms. The van der Waals surface area contributed by atoms with E-state index in [1.165, 1.54) is 0 Å². The van der Waals surface area contributed by atoms with Gasteiger partial charge in [-0.15, -0.1) is 0 Å². The molecule has 0 aliphatic heterocycles. The largest absolute Gasteiger partial charge is 0.299 e. The van der Waals surface area contributed by atoms with Crippen molar-refractivity contribution in [2.45, 2.75) is 47.0 Å². The summed E-state index contributed by atoms with van der Waals surface area (Å²) >= 11 is 0. The molecular weight excluding hydrogens is 136 g/mol. The van der Waals surface area contributed by atoms with Gasteiger partial charge in [-0.1, -0.05) is 27.7 Å². The van der Waals surface area contributed by atoms with Crippen molar-refractivity contribution in [3.63, 3.8) is 0 Å². The second-order valence-corrected chi connectivity index (χ2v) is 4.86. The fraction of sp³-hybridized carbons (Fsp3) is 0.900. The quantitative estimate of drug-likeness (QED) is 0.524. The molecule has 0 aromatic rings. The van der Waals surface area contributed by atoms with E-state index in [9.17, 15) is 4.79 Å². The van der Waals surface area contributed by atoms with Gasteiger partial charge in [0.2, 0.25) is 0 Å². The van der Waals surface area contributed by atoms with E-state index in [2.05, 4.69) is 27.7 Å². The van der Waals surface area contributed by atoms with Crippen molar-refractivity contribution in [2.75, 3.05) is 0 Å². The van der Waals surface area contributed by atoms with Crippen LogP contribution in [0.25, 0.3) is 0 Å². The second-order valence-electron chi connectivity index (χ2n) is 4.86. The summed E-state index contributed by atoms with van der Waals surface area (Å²) < 4.78 is 0. The van der Waals surface area contributed by atoms with Crippen molar-refractivity contribution in [3.05, 3.63) is 0 Å². The Labute approximate surface area is 69.2 Å². The Balaban J connectivity index is 2.90. The summed E-state index contributed by atoms with van der Waals surface area (Å²) in [4.78, 5) is 11.5. The van der Waals surface area contributed by atoms with Gasteiger partial charge in [0, 0.05) is 11.8 Å². The van der Waals surface area contributed by atoms with Crippen LogP contribution >= 0.6 is 0 Å². The molecule has 0 heterocycles. The van der Waals surface area contributed by atoms with Gasteiger partial charge in [0.1, 0.15) is 5.78 Å². The number of carbonyl (C=O) groups excluding carboxylic acids is 1. The lowest BCUT2D eigenvalue weighted by molar-refractivity contribution is -0.130. The van der Waals surface area contributed by atoms with E-state index >= 15 is 0 Å². The minimum Gasteiger partial charge on any atom is -0.299 e. The minimum atomic E-state index is -0.0486. The fourth-order valence-electron chi connectivity index (χ4n) is 1.81. The lowest BCUT2D eigenvalue weighted by Gasteiger charge is -2.36. The lowest BCUT2D eigenvalue weighted by atomic mass is 9.66. The number of rotatable bonds is 0. The molecule has 0 aromatic carbocycles. The predicted octanol–water partition coefficient (Wildman–Crippen LogP) is 2.79. The number of hydrogen-bond acceptors (Lipinski definition) is 1. The van der Waals surface area contributed by atoms with Crippen LogP contribution in [0.4, 0.5) is 0 Å². The average Bonchev–Trinajstić information content (AvgIpc) is 2.12. The zero-order chi connectivity index (χ0) is 8.70. The summed E-state index contributed by atoms with van der Waals surface area (Å²) in [6.45, 7) is 8.60. The Morgan fingerprint density at radius 3 is 2.09 bits per heavy atom. The molecule has 1 saturated carbocycles. The molecular formula is C10H18O. The zero-order valence-corrected chi connectivity index (χ0v) is 8.03. The summed E-state index contributed by atoms with van der Waals surface area (Å²) in [5.74, 6) is 0.463. The number of Topliss-reactive ketones (excluding diaryl/α,β-unsaturated/α-hetero) is 1. The van der Waals surface area contributed by atoms with Crippen LogP contribution in [0.2, 0.25) is 0 Å². The first-order valence-corrected chi connectivity index (χ1v) is 4.41. The van der Waals surface area contributed by atoms with Gasteiger partial charge in [0.05, 0.1) is 0 Å². The SMILES string of the molecule is CC(C)(C)[C@@]1(C)CCCC1=O. The molecule has 0 amide bonds. The fourth-order valence-corrected chi connectivity index (χ4v) is 1.81. The predicted molar refractivity (Wildman–Crippen MR) is 46.4 cm³/mol. The van der Waals surface area contributed by atoms with Crippen molar-refractivity contribution in [2.24, 2.45) is 10.8 Å². The molecule has 0 radical (unpaired) electrons. The van der Waals surface area contributed by atoms with E-state index in [-0.39, 0.29) is 10.8 Å². The summed E-state index contributed by atoms with van der Waals surface area (Å²) in [7, 11) is 0. The third-order valence-corrected chi connectivity index (χ3v) is 3.35. The highest BCUT2D eigenvalue weighted by molar-refractivity contribution is 5.87. The molecule has 0 spiro atoms. The highest BCUT2D eigenvalue weighted by Gasteiger charge is 2.46. The highest BCUT2D eigenvalue weighted by Crippen LogP contribution is 2.47. The van der Waals surface area contributed by atoms with Crippen LogP contribution in [0.5, 0.6) is 0 Å². The van der Waals surface area contributed by atoms with E-state index in [1.54, 1.807) is 0 Å². The molecule has 1 fully saturated rings. The van der Waals surface area contributed by atoms with Gasteiger partial charge < -0.3 is 0 Å². The molecule has 0 N–H and O–H groups in total. The smallest absolute Gasteiger partial charge is 0.139 e. The summed E-state index contributed by atoms with van der Waals surface area (Å²) in [6, 6.07) is 0. The van der Waals surface area contributed by atoms with Crippen LogP contribution in [-0.4, -0.2) is 5.78 Å². The molecule has 64 valence electrons. The minimum absolute atomic E-state index is 0.0486. The van der Waals surface area contributed by atoms with E-state index in [1.807, 2.05) is 0 Å². The third-order valence-electron chi connectivity index (χ3n) is 3.35. The van der Waals surface area contributed by atoms with E-state index in [0.29, 0.717) is 5.78 Å². The standard InChI is InChI=1S/C10H18O/c1-9(2,3)10(4)7-5-6-8(10)11/h5-7H2,1-4H3/t10-/m0/s1. The first-order valence-electron chi connectivity index (χ1n) is 4.41. The van der Waals surface area contributed by atoms with Crippen molar-refractivity contribution in [1.29, 1.82) is 0 Å². The number of carbonyl (C=O) groups is 1. The van der Waals surface area contributed by atoms with Gasteiger partial charge in [0.15, 0.2) is 0 Å². The molecule has 1 atom stereocenters. The van der Waals surface area contributed by atoms with Gasteiger partial charge in [-0.2, -0.15) is 0 Å². The van der Waals surface area contributed by atoms with Crippen molar-refractivity contribution in [1.82, 2.24) is 0 Å². The Bertz CT molecular complexity index is 176. The van der Waals surface area contributed by atoms with Crippen molar-refractivity contribution in [3.8, 4) is 0 Å². The Morgan fingerprint density at radius 1 is 1.36 bits per heavy atom. The molecule has 1 rings (SSSR count). The maximum Gasteiger partial charge on any atom is 0.139 e. The average molecular weight is 154 g/mol. The van der Waals surface area contributed by atoms with Crippen molar-refractivity contribution < 1.29 is 4.79 Å². The Hall–Kier alpha value is -0.330. The van der Waals surface area contributed by atoms with Crippen LogP contribution in [0.1, 0.15) is 47.0 Å². The Kier molecular flexibility index (Phi) is 1.85. The number of hydrogen-bond donors (Lipinski definition) is 0. The van der Waals surface area contributed by atoms with E-state index in [4.69, 9.17) is 0 Å². The molecule has 1 heteroatoms. The Morgan fingerprint density at radius 2 is 1.91 bits per heavy atom. The molecule has 1 aliphatic carbocycles. The first kappa shape index (κ1) is 8.76. The molecule has 1 aliphatic rings. The monoisotopic (exact) mass is 154 g/mol. The van der Waals surface area contributed by atoms with Gasteiger partial charge >= 0.3 is 0 Å². The first-order chi connectivity index (χ1) is 4.88. The van der Waals surface area contributed by atoms with Crippen LogP contribution in [0.3, 0.4) is 0 Å². The lowest BCUT2D eigenvalue weighted by Crippen LogP contribution is -2.36. The zero-order valence-electron chi connectivity index (χ0n) is 8.03. The maximum absolute atomic E-state index is 11.5. The van der Waals surface area contributed by atoms with Crippen LogP contribution in [0.15, 0.2) is 0 Å². The second kappa shape index (κ2) is 2.33. The van der Waals surface area contributed by atoms with Gasteiger partial charge in [-0.05, 0) is 18.3 Å². The highest BCUT2D eigenvalue weighted by atomic mass is 16.1. The van der Waals surface area contributed by atoms with Crippen LogP contribution in [-0.2, 0) is 4.79 Å². The molecule has 0 saturated heterocycles. The van der Waals surface area contributed by atoms with E-state index < -0.39 is 0 Å². The number of ketones is 1. The van der Waals surface area contributed by atoms with Crippen molar-refractivity contribution >= 4 is 5.78 Å². The van der Waals surface area contributed by atoms with Gasteiger partial charge in [-0.25, -0.2) is 0 Å². The normalized spacial score (nSPS) is 32.9. The summed E-state index contributed by atoms with van der Waals surface area (Å²) in [6.07, 6.45) is 2.97. The molecule has 0 aromatic heterocycles. The maximum atomic E-state index is 11.5. The van der Waals surface area contributed by atoms with Gasteiger partial charge in [0.25, 0.3) is 0 Å². The van der Waals surface area contributed by atoms with Gasteiger partial charge in [-0.3, -0.25) is 4.79 Å². The van der Waals surface area contributed by atoms with Crippen LogP contribution < -0.4 is 0 Å². The summed E-state index contributed by atoms with van der Waals surface area (Å²) in [5, 5.41) is 0. The van der Waals surface area contributed by atoms with E-state index in [0.717, 1.165) is 19.3 Å². The molecule has 11 heavy (non-hydrogen) atoms. The van der Waals surface area contributed by atoms with Crippen LogP contribution in [0, 0.1) is 10.8 Å². The third kappa shape index (κ3) is 1.21.